The molecule has 1 heterocycles. The molecule has 1 aromatic rings. The lowest BCUT2D eigenvalue weighted by Crippen LogP contribution is -2.27. The molecule has 0 aromatic carbocycles. The zero-order chi connectivity index (χ0) is 9.97. The van der Waals surface area contributed by atoms with Crippen molar-refractivity contribution in [1.29, 1.82) is 0 Å². The van der Waals surface area contributed by atoms with Crippen molar-refractivity contribution in [2.45, 2.75) is 31.7 Å². The lowest BCUT2D eigenvalue weighted by Gasteiger charge is -2.12. The zero-order valence-electron chi connectivity index (χ0n) is 8.62. The zero-order valence-corrected chi connectivity index (χ0v) is 8.62. The van der Waals surface area contributed by atoms with E-state index in [0.29, 0.717) is 12.5 Å². The van der Waals surface area contributed by atoms with Crippen molar-refractivity contribution in [2.75, 3.05) is 13.1 Å². The Morgan fingerprint density at radius 2 is 2.36 bits per heavy atom. The van der Waals surface area contributed by atoms with Crippen LogP contribution in [0.2, 0.25) is 0 Å². The van der Waals surface area contributed by atoms with Crippen LogP contribution in [0.15, 0.2) is 16.5 Å². The first kappa shape index (κ1) is 9.74. The van der Waals surface area contributed by atoms with Crippen molar-refractivity contribution in [3.05, 3.63) is 23.7 Å². The maximum atomic E-state index is 5.72. The fourth-order valence-electron chi connectivity index (χ4n) is 1.57. The quantitative estimate of drug-likeness (QED) is 0.744. The summed E-state index contributed by atoms with van der Waals surface area (Å²) in [6.07, 6.45) is 2.63. The van der Waals surface area contributed by atoms with Crippen LogP contribution < -0.4 is 11.1 Å². The van der Waals surface area contributed by atoms with Crippen LogP contribution in [0.4, 0.5) is 0 Å². The molecule has 1 aliphatic carbocycles. The molecule has 0 amide bonds. The third-order valence-corrected chi connectivity index (χ3v) is 2.68. The number of nitrogens with two attached hydrogens (primary N) is 1. The summed E-state index contributed by atoms with van der Waals surface area (Å²) in [5.41, 5.74) is 5.72. The standard InChI is InChI=1S/C11H18N2O/c1-8-2-5-11(14-8)9(6-12)7-13-10-3-4-10/h2,5,9-10,13H,3-4,6-7,12H2,1H3. The molecule has 3 nitrogen and oxygen atoms in total. The summed E-state index contributed by atoms with van der Waals surface area (Å²) in [6.45, 7) is 3.55. The van der Waals surface area contributed by atoms with Crippen molar-refractivity contribution < 1.29 is 4.42 Å². The number of hydrogen-bond acceptors (Lipinski definition) is 3. The highest BCUT2D eigenvalue weighted by Crippen LogP contribution is 2.21. The minimum absolute atomic E-state index is 0.323. The highest BCUT2D eigenvalue weighted by atomic mass is 16.3. The van der Waals surface area contributed by atoms with Gasteiger partial charge in [-0.15, -0.1) is 0 Å². The lowest BCUT2D eigenvalue weighted by molar-refractivity contribution is 0.430. The van der Waals surface area contributed by atoms with Crippen LogP contribution in [-0.2, 0) is 0 Å². The SMILES string of the molecule is Cc1ccc(C(CN)CNC2CC2)o1. The number of furan rings is 1. The molecule has 78 valence electrons. The summed E-state index contributed by atoms with van der Waals surface area (Å²) in [7, 11) is 0. The molecule has 1 unspecified atom stereocenters. The summed E-state index contributed by atoms with van der Waals surface area (Å²) in [4.78, 5) is 0. The van der Waals surface area contributed by atoms with E-state index < -0.39 is 0 Å². The number of nitrogens with one attached hydrogen (secondary N) is 1. The van der Waals surface area contributed by atoms with Gasteiger partial charge in [0.05, 0.1) is 0 Å². The first-order chi connectivity index (χ1) is 6.79. The molecule has 1 fully saturated rings. The summed E-state index contributed by atoms with van der Waals surface area (Å²) in [6, 6.07) is 4.76. The van der Waals surface area contributed by atoms with E-state index in [1.165, 1.54) is 12.8 Å². The Labute approximate surface area is 84.7 Å². The van der Waals surface area contributed by atoms with E-state index in [0.717, 1.165) is 24.1 Å². The van der Waals surface area contributed by atoms with Crippen molar-refractivity contribution in [3.8, 4) is 0 Å². The van der Waals surface area contributed by atoms with Gasteiger partial charge in [-0.25, -0.2) is 0 Å². The van der Waals surface area contributed by atoms with Gasteiger partial charge in [-0.2, -0.15) is 0 Å². The molecule has 1 atom stereocenters. The van der Waals surface area contributed by atoms with E-state index in [4.69, 9.17) is 10.2 Å². The maximum Gasteiger partial charge on any atom is 0.109 e. The van der Waals surface area contributed by atoms with Crippen LogP contribution in [-0.4, -0.2) is 19.1 Å². The molecule has 14 heavy (non-hydrogen) atoms. The molecule has 0 aliphatic heterocycles. The smallest absolute Gasteiger partial charge is 0.109 e. The topological polar surface area (TPSA) is 51.2 Å². The number of aryl methyl sites for hydroxylation is 1. The fourth-order valence-corrected chi connectivity index (χ4v) is 1.57. The molecule has 3 heteroatoms. The molecule has 0 bridgehead atoms. The number of hydrogen-bond donors (Lipinski definition) is 2. The summed E-state index contributed by atoms with van der Waals surface area (Å²) >= 11 is 0. The van der Waals surface area contributed by atoms with Gasteiger partial charge in [-0.1, -0.05) is 0 Å². The molecule has 1 saturated carbocycles. The van der Waals surface area contributed by atoms with Gasteiger partial charge in [0.2, 0.25) is 0 Å². The molecule has 2 rings (SSSR count). The van der Waals surface area contributed by atoms with Crippen molar-refractivity contribution in [3.63, 3.8) is 0 Å². The Morgan fingerprint density at radius 3 is 2.86 bits per heavy atom. The van der Waals surface area contributed by atoms with Gasteiger partial charge in [0.1, 0.15) is 11.5 Å². The first-order valence-electron chi connectivity index (χ1n) is 5.29. The van der Waals surface area contributed by atoms with E-state index in [9.17, 15) is 0 Å². The Bertz CT molecular complexity index is 291. The van der Waals surface area contributed by atoms with Gasteiger partial charge >= 0.3 is 0 Å². The van der Waals surface area contributed by atoms with Crippen LogP contribution in [0.5, 0.6) is 0 Å². The third-order valence-electron chi connectivity index (χ3n) is 2.68. The fraction of sp³-hybridized carbons (Fsp3) is 0.636. The van der Waals surface area contributed by atoms with Crippen LogP contribution in [0.1, 0.15) is 30.3 Å². The average molecular weight is 194 g/mol. The van der Waals surface area contributed by atoms with Crippen LogP contribution >= 0.6 is 0 Å². The van der Waals surface area contributed by atoms with E-state index >= 15 is 0 Å². The molecule has 0 saturated heterocycles. The Kier molecular flexibility index (Phi) is 2.89. The van der Waals surface area contributed by atoms with E-state index in [1.807, 2.05) is 19.1 Å². The maximum absolute atomic E-state index is 5.72. The average Bonchev–Trinajstić information content (AvgIpc) is 2.90. The van der Waals surface area contributed by atoms with Crippen LogP contribution in [0.25, 0.3) is 0 Å². The lowest BCUT2D eigenvalue weighted by atomic mass is 10.1. The molecule has 0 radical (unpaired) electrons. The second kappa shape index (κ2) is 4.15. The summed E-state index contributed by atoms with van der Waals surface area (Å²) in [5.74, 6) is 2.30. The molecule has 1 aromatic heterocycles. The van der Waals surface area contributed by atoms with Crippen LogP contribution in [0.3, 0.4) is 0 Å². The molecule has 3 N–H and O–H groups in total. The summed E-state index contributed by atoms with van der Waals surface area (Å²) in [5, 5.41) is 3.48. The van der Waals surface area contributed by atoms with E-state index in [1.54, 1.807) is 0 Å². The van der Waals surface area contributed by atoms with Crippen molar-refractivity contribution >= 4 is 0 Å². The monoisotopic (exact) mass is 194 g/mol. The Hall–Kier alpha value is -0.800. The van der Waals surface area contributed by atoms with Gasteiger partial charge < -0.3 is 15.5 Å². The number of rotatable bonds is 5. The van der Waals surface area contributed by atoms with Gasteiger partial charge in [0.25, 0.3) is 0 Å². The van der Waals surface area contributed by atoms with Crippen LogP contribution in [0, 0.1) is 6.92 Å². The summed E-state index contributed by atoms with van der Waals surface area (Å²) < 4.78 is 5.57. The predicted molar refractivity (Wildman–Crippen MR) is 56.3 cm³/mol. The van der Waals surface area contributed by atoms with E-state index in [2.05, 4.69) is 5.32 Å². The Morgan fingerprint density at radius 1 is 1.57 bits per heavy atom. The van der Waals surface area contributed by atoms with E-state index in [-0.39, 0.29) is 0 Å². The van der Waals surface area contributed by atoms with Crippen molar-refractivity contribution in [1.82, 2.24) is 5.32 Å². The minimum atomic E-state index is 0.323. The third kappa shape index (κ3) is 2.36. The van der Waals surface area contributed by atoms with Gasteiger partial charge in [-0.3, -0.25) is 0 Å². The largest absolute Gasteiger partial charge is 0.466 e. The normalized spacial score (nSPS) is 18.4. The molecule has 1 aliphatic rings. The highest BCUT2D eigenvalue weighted by Gasteiger charge is 2.22. The Balaban J connectivity index is 1.90. The molecular weight excluding hydrogens is 176 g/mol. The molecule has 0 spiro atoms. The van der Waals surface area contributed by atoms with Crippen molar-refractivity contribution in [2.24, 2.45) is 5.73 Å². The second-order valence-electron chi connectivity index (χ2n) is 4.06. The second-order valence-corrected chi connectivity index (χ2v) is 4.06. The highest BCUT2D eigenvalue weighted by molar-refractivity contribution is 5.11. The van der Waals surface area contributed by atoms with Gasteiger partial charge in [0, 0.05) is 25.0 Å². The predicted octanol–water partition coefficient (Wildman–Crippen LogP) is 1.38. The molecular formula is C11H18N2O. The minimum Gasteiger partial charge on any atom is -0.466 e. The van der Waals surface area contributed by atoms with Gasteiger partial charge in [0.15, 0.2) is 0 Å². The first-order valence-corrected chi connectivity index (χ1v) is 5.29. The van der Waals surface area contributed by atoms with Gasteiger partial charge in [-0.05, 0) is 31.9 Å².